The largest absolute Gasteiger partial charge is 0.497 e. The maximum Gasteiger partial charge on any atom is 0.356 e. The van der Waals surface area contributed by atoms with E-state index in [-0.39, 0.29) is 11.4 Å². The smallest absolute Gasteiger partial charge is 0.356 e. The predicted octanol–water partition coefficient (Wildman–Crippen LogP) is 2.45. The number of methoxy groups -OCH3 is 2. The first kappa shape index (κ1) is 14.4. The number of carbonyl (C=O) groups is 1. The first-order valence-electron chi connectivity index (χ1n) is 5.94. The van der Waals surface area contributed by atoms with Crippen molar-refractivity contribution in [2.45, 2.75) is 0 Å². The molecular formula is C14H12N2O5. The molecule has 0 saturated carbocycles. The van der Waals surface area contributed by atoms with E-state index in [4.69, 9.17) is 4.74 Å². The number of aromatic nitrogens is 1. The Labute approximate surface area is 120 Å². The van der Waals surface area contributed by atoms with Gasteiger partial charge in [-0.25, -0.2) is 9.78 Å². The van der Waals surface area contributed by atoms with Crippen LogP contribution in [0.1, 0.15) is 10.5 Å². The molecule has 7 heteroatoms. The molecule has 0 fully saturated rings. The third-order valence-corrected chi connectivity index (χ3v) is 2.78. The second-order valence-electron chi connectivity index (χ2n) is 4.08. The lowest BCUT2D eigenvalue weighted by molar-refractivity contribution is -0.384. The number of esters is 1. The fourth-order valence-electron chi connectivity index (χ4n) is 1.76. The van der Waals surface area contributed by atoms with Gasteiger partial charge in [-0.2, -0.15) is 0 Å². The van der Waals surface area contributed by atoms with Gasteiger partial charge in [0.25, 0.3) is 5.69 Å². The van der Waals surface area contributed by atoms with Gasteiger partial charge in [0.05, 0.1) is 24.8 Å². The summed E-state index contributed by atoms with van der Waals surface area (Å²) < 4.78 is 9.73. The van der Waals surface area contributed by atoms with Crippen molar-refractivity contribution < 1.29 is 19.2 Å². The number of hydrogen-bond donors (Lipinski definition) is 0. The monoisotopic (exact) mass is 288 g/mol. The lowest BCUT2D eigenvalue weighted by Crippen LogP contribution is -2.05. The van der Waals surface area contributed by atoms with Gasteiger partial charge in [-0.1, -0.05) is 12.1 Å². The molecule has 21 heavy (non-hydrogen) atoms. The number of carbonyl (C=O) groups excluding carboxylic acids is 1. The van der Waals surface area contributed by atoms with E-state index in [0.29, 0.717) is 17.0 Å². The molecule has 0 aliphatic carbocycles. The lowest BCUT2D eigenvalue weighted by Gasteiger charge is -2.07. The zero-order valence-electron chi connectivity index (χ0n) is 11.4. The number of hydrogen-bond acceptors (Lipinski definition) is 6. The van der Waals surface area contributed by atoms with Gasteiger partial charge in [0.15, 0.2) is 5.69 Å². The van der Waals surface area contributed by atoms with E-state index in [9.17, 15) is 14.9 Å². The summed E-state index contributed by atoms with van der Waals surface area (Å²) in [5.74, 6) is -0.201. The van der Waals surface area contributed by atoms with E-state index in [1.165, 1.54) is 32.4 Å². The van der Waals surface area contributed by atoms with Crippen LogP contribution < -0.4 is 4.74 Å². The first-order chi connectivity index (χ1) is 10.0. The van der Waals surface area contributed by atoms with Crippen LogP contribution in [-0.2, 0) is 4.74 Å². The highest BCUT2D eigenvalue weighted by Gasteiger charge is 2.14. The molecule has 0 aliphatic heterocycles. The predicted molar refractivity (Wildman–Crippen MR) is 74.2 cm³/mol. The van der Waals surface area contributed by atoms with E-state index >= 15 is 0 Å². The summed E-state index contributed by atoms with van der Waals surface area (Å²) in [6.45, 7) is 0. The highest BCUT2D eigenvalue weighted by atomic mass is 16.6. The standard InChI is InChI=1S/C14H12N2O5/c1-20-11-7-12(15-13(8-11)14(17)21-2)9-4-3-5-10(6-9)16(18)19/h3-8H,1-2H3. The summed E-state index contributed by atoms with van der Waals surface area (Å²) >= 11 is 0. The van der Waals surface area contributed by atoms with Crippen LogP contribution in [0.25, 0.3) is 11.3 Å². The molecule has 0 unspecified atom stereocenters. The molecule has 2 rings (SSSR count). The maximum absolute atomic E-state index is 11.6. The van der Waals surface area contributed by atoms with E-state index in [0.717, 1.165) is 0 Å². The van der Waals surface area contributed by atoms with Gasteiger partial charge in [-0.15, -0.1) is 0 Å². The van der Waals surface area contributed by atoms with Gasteiger partial charge in [0.2, 0.25) is 0 Å². The van der Waals surface area contributed by atoms with Gasteiger partial charge in [0, 0.05) is 29.8 Å². The summed E-state index contributed by atoms with van der Waals surface area (Å²) in [6.07, 6.45) is 0. The molecule has 1 heterocycles. The molecule has 0 bridgehead atoms. The fourth-order valence-corrected chi connectivity index (χ4v) is 1.76. The number of benzene rings is 1. The van der Waals surface area contributed by atoms with Crippen LogP contribution >= 0.6 is 0 Å². The van der Waals surface area contributed by atoms with Crippen LogP contribution in [0.15, 0.2) is 36.4 Å². The number of non-ortho nitro benzene ring substituents is 1. The van der Waals surface area contributed by atoms with E-state index in [2.05, 4.69) is 9.72 Å². The summed E-state index contributed by atoms with van der Waals surface area (Å²) in [5.41, 5.74) is 0.904. The second-order valence-corrected chi connectivity index (χ2v) is 4.08. The van der Waals surface area contributed by atoms with E-state index in [1.54, 1.807) is 18.2 Å². The maximum atomic E-state index is 11.6. The first-order valence-corrected chi connectivity index (χ1v) is 5.94. The lowest BCUT2D eigenvalue weighted by atomic mass is 10.1. The molecule has 0 radical (unpaired) electrons. The highest BCUT2D eigenvalue weighted by molar-refractivity contribution is 5.88. The molecule has 7 nitrogen and oxygen atoms in total. The SMILES string of the molecule is COC(=O)c1cc(OC)cc(-c2cccc([N+](=O)[O-])c2)n1. The van der Waals surface area contributed by atoms with Crippen molar-refractivity contribution in [3.63, 3.8) is 0 Å². The summed E-state index contributed by atoms with van der Waals surface area (Å²) in [5, 5.41) is 10.8. The topological polar surface area (TPSA) is 91.6 Å². The molecule has 2 aromatic rings. The van der Waals surface area contributed by atoms with Crippen LogP contribution in [0, 0.1) is 10.1 Å². The molecule has 0 saturated heterocycles. The highest BCUT2D eigenvalue weighted by Crippen LogP contribution is 2.26. The zero-order valence-corrected chi connectivity index (χ0v) is 11.4. The van der Waals surface area contributed by atoms with Crippen molar-refractivity contribution in [3.8, 4) is 17.0 Å². The van der Waals surface area contributed by atoms with Crippen molar-refractivity contribution in [1.29, 1.82) is 0 Å². The van der Waals surface area contributed by atoms with E-state index in [1.807, 2.05) is 0 Å². The van der Waals surface area contributed by atoms with Crippen molar-refractivity contribution in [1.82, 2.24) is 4.98 Å². The third kappa shape index (κ3) is 3.14. The Kier molecular flexibility index (Phi) is 4.13. The summed E-state index contributed by atoms with van der Waals surface area (Å²) in [6, 6.07) is 8.99. The summed E-state index contributed by atoms with van der Waals surface area (Å²) in [4.78, 5) is 26.1. The summed E-state index contributed by atoms with van der Waals surface area (Å²) in [7, 11) is 2.70. The molecule has 0 amide bonds. The van der Waals surface area contributed by atoms with Gasteiger partial charge in [-0.3, -0.25) is 10.1 Å². The number of nitrogens with zero attached hydrogens (tertiary/aromatic N) is 2. The Hall–Kier alpha value is -2.96. The Morgan fingerprint density at radius 2 is 2.00 bits per heavy atom. The van der Waals surface area contributed by atoms with Crippen LogP contribution in [-0.4, -0.2) is 30.1 Å². The molecule has 108 valence electrons. The number of rotatable bonds is 4. The Morgan fingerprint density at radius 3 is 2.62 bits per heavy atom. The average molecular weight is 288 g/mol. The fraction of sp³-hybridized carbons (Fsp3) is 0.143. The van der Waals surface area contributed by atoms with Crippen LogP contribution in [0.2, 0.25) is 0 Å². The Balaban J connectivity index is 2.55. The molecule has 0 spiro atoms. The zero-order chi connectivity index (χ0) is 15.4. The van der Waals surface area contributed by atoms with Gasteiger partial charge >= 0.3 is 5.97 Å². The minimum Gasteiger partial charge on any atom is -0.497 e. The van der Waals surface area contributed by atoms with E-state index < -0.39 is 10.9 Å². The molecular weight excluding hydrogens is 276 g/mol. The van der Waals surface area contributed by atoms with Crippen LogP contribution in [0.3, 0.4) is 0 Å². The minimum absolute atomic E-state index is 0.0586. The van der Waals surface area contributed by atoms with Crippen molar-refractivity contribution in [2.24, 2.45) is 0 Å². The molecule has 0 atom stereocenters. The number of nitro groups is 1. The van der Waals surface area contributed by atoms with Crippen molar-refractivity contribution in [2.75, 3.05) is 14.2 Å². The third-order valence-electron chi connectivity index (χ3n) is 2.78. The minimum atomic E-state index is -0.611. The molecule has 1 aromatic carbocycles. The Morgan fingerprint density at radius 1 is 1.24 bits per heavy atom. The van der Waals surface area contributed by atoms with Gasteiger partial charge < -0.3 is 9.47 Å². The normalized spacial score (nSPS) is 10.0. The number of ether oxygens (including phenoxy) is 2. The van der Waals surface area contributed by atoms with Gasteiger partial charge in [-0.05, 0) is 0 Å². The second kappa shape index (κ2) is 6.00. The number of pyridine rings is 1. The number of nitro benzene ring substituents is 1. The molecule has 0 aliphatic rings. The van der Waals surface area contributed by atoms with Crippen molar-refractivity contribution >= 4 is 11.7 Å². The van der Waals surface area contributed by atoms with Crippen molar-refractivity contribution in [3.05, 3.63) is 52.2 Å². The Bertz CT molecular complexity index is 700. The van der Waals surface area contributed by atoms with Gasteiger partial charge in [0.1, 0.15) is 5.75 Å². The molecule has 0 N–H and O–H groups in total. The van der Waals surface area contributed by atoms with Crippen LogP contribution in [0.5, 0.6) is 5.75 Å². The van der Waals surface area contributed by atoms with Crippen LogP contribution in [0.4, 0.5) is 5.69 Å². The quantitative estimate of drug-likeness (QED) is 0.487. The molecule has 1 aromatic heterocycles. The average Bonchev–Trinajstić information content (AvgIpc) is 2.53.